The SMILES string of the molecule is CCn1c(C(=O)Nc2cccc(C(F)(F)F)c2)cc2cc(OC)ccc2c1=O. The summed E-state index contributed by atoms with van der Waals surface area (Å²) >= 11 is 0. The van der Waals surface area contributed by atoms with Crippen molar-refractivity contribution in [2.75, 3.05) is 12.4 Å². The average Bonchev–Trinajstić information content (AvgIpc) is 2.67. The predicted molar refractivity (Wildman–Crippen MR) is 99.8 cm³/mol. The van der Waals surface area contributed by atoms with E-state index in [0.29, 0.717) is 16.5 Å². The highest BCUT2D eigenvalue weighted by Crippen LogP contribution is 2.30. The van der Waals surface area contributed by atoms with Crippen molar-refractivity contribution >= 4 is 22.4 Å². The van der Waals surface area contributed by atoms with Gasteiger partial charge in [0.05, 0.1) is 12.7 Å². The zero-order valence-electron chi connectivity index (χ0n) is 15.1. The number of aromatic nitrogens is 1. The summed E-state index contributed by atoms with van der Waals surface area (Å²) in [6, 6.07) is 10.7. The van der Waals surface area contributed by atoms with Gasteiger partial charge in [0.2, 0.25) is 0 Å². The molecule has 5 nitrogen and oxygen atoms in total. The molecule has 1 N–H and O–H groups in total. The van der Waals surface area contributed by atoms with Crippen molar-refractivity contribution in [3.05, 3.63) is 70.1 Å². The summed E-state index contributed by atoms with van der Waals surface area (Å²) in [6.07, 6.45) is -4.52. The van der Waals surface area contributed by atoms with Crippen LogP contribution < -0.4 is 15.6 Å². The second-order valence-corrected chi connectivity index (χ2v) is 6.06. The summed E-state index contributed by atoms with van der Waals surface area (Å²) in [5.74, 6) is -0.159. The highest BCUT2D eigenvalue weighted by Gasteiger charge is 2.30. The Morgan fingerprint density at radius 3 is 2.54 bits per heavy atom. The lowest BCUT2D eigenvalue weighted by Gasteiger charge is -2.14. The number of benzene rings is 2. The van der Waals surface area contributed by atoms with E-state index < -0.39 is 17.6 Å². The fraction of sp³-hybridized carbons (Fsp3) is 0.200. The first-order valence-corrected chi connectivity index (χ1v) is 8.44. The molecule has 1 heterocycles. The number of carbonyl (C=O) groups is 1. The molecule has 1 amide bonds. The van der Waals surface area contributed by atoms with Gasteiger partial charge in [-0.05, 0) is 54.8 Å². The molecule has 146 valence electrons. The first kappa shape index (κ1) is 19.5. The number of pyridine rings is 1. The molecule has 0 aliphatic heterocycles. The first-order valence-electron chi connectivity index (χ1n) is 8.44. The summed E-state index contributed by atoms with van der Waals surface area (Å²) in [4.78, 5) is 25.4. The van der Waals surface area contributed by atoms with Crippen molar-refractivity contribution in [1.29, 1.82) is 0 Å². The van der Waals surface area contributed by atoms with Crippen LogP contribution in [0.5, 0.6) is 5.75 Å². The van der Waals surface area contributed by atoms with E-state index in [0.717, 1.165) is 12.1 Å². The zero-order chi connectivity index (χ0) is 20.5. The largest absolute Gasteiger partial charge is 0.497 e. The van der Waals surface area contributed by atoms with E-state index in [9.17, 15) is 22.8 Å². The van der Waals surface area contributed by atoms with Crippen molar-refractivity contribution in [3.8, 4) is 5.75 Å². The fourth-order valence-electron chi connectivity index (χ4n) is 2.93. The minimum absolute atomic E-state index is 0.0133. The van der Waals surface area contributed by atoms with E-state index in [2.05, 4.69) is 5.32 Å². The molecule has 0 atom stereocenters. The number of hydrogen-bond acceptors (Lipinski definition) is 3. The topological polar surface area (TPSA) is 60.3 Å². The number of nitrogens with zero attached hydrogens (tertiary/aromatic N) is 1. The normalized spacial score (nSPS) is 11.5. The maximum Gasteiger partial charge on any atom is 0.416 e. The molecule has 28 heavy (non-hydrogen) atoms. The lowest BCUT2D eigenvalue weighted by Crippen LogP contribution is -2.28. The molecular formula is C20H17F3N2O3. The standard InChI is InChI=1S/C20H17F3N2O3/c1-3-25-17(10-12-9-15(28-2)7-8-16(12)19(25)27)18(26)24-14-6-4-5-13(11-14)20(21,22)23/h4-11H,3H2,1-2H3,(H,24,26). The molecule has 0 radical (unpaired) electrons. The van der Waals surface area contributed by atoms with Gasteiger partial charge in [0.25, 0.3) is 11.5 Å². The van der Waals surface area contributed by atoms with Gasteiger partial charge in [0, 0.05) is 17.6 Å². The Labute approximate surface area is 158 Å². The molecule has 0 saturated carbocycles. The van der Waals surface area contributed by atoms with Crippen LogP contribution in [0.3, 0.4) is 0 Å². The van der Waals surface area contributed by atoms with Gasteiger partial charge >= 0.3 is 6.18 Å². The van der Waals surface area contributed by atoms with Crippen LogP contribution in [-0.4, -0.2) is 17.6 Å². The number of amides is 1. The molecule has 3 rings (SSSR count). The molecule has 0 unspecified atom stereocenters. The molecular weight excluding hydrogens is 373 g/mol. The number of anilines is 1. The van der Waals surface area contributed by atoms with Crippen molar-refractivity contribution in [2.45, 2.75) is 19.6 Å². The van der Waals surface area contributed by atoms with Crippen LogP contribution in [-0.2, 0) is 12.7 Å². The minimum atomic E-state index is -4.52. The van der Waals surface area contributed by atoms with Crippen LogP contribution >= 0.6 is 0 Å². The van der Waals surface area contributed by atoms with Gasteiger partial charge in [-0.2, -0.15) is 13.2 Å². The number of nitrogens with one attached hydrogen (secondary N) is 1. The molecule has 0 aliphatic carbocycles. The second-order valence-electron chi connectivity index (χ2n) is 6.06. The quantitative estimate of drug-likeness (QED) is 0.723. The van der Waals surface area contributed by atoms with E-state index in [1.807, 2.05) is 0 Å². The summed E-state index contributed by atoms with van der Waals surface area (Å²) in [5, 5.41) is 3.35. The Balaban J connectivity index is 2.05. The number of fused-ring (bicyclic) bond motifs is 1. The summed E-state index contributed by atoms with van der Waals surface area (Å²) in [6.45, 7) is 1.93. The Bertz CT molecular complexity index is 1100. The maximum absolute atomic E-state index is 12.9. The minimum Gasteiger partial charge on any atom is -0.497 e. The van der Waals surface area contributed by atoms with Crippen LogP contribution in [0, 0.1) is 0 Å². The zero-order valence-corrected chi connectivity index (χ0v) is 15.1. The molecule has 1 aromatic heterocycles. The number of halogens is 3. The van der Waals surface area contributed by atoms with E-state index in [1.54, 1.807) is 25.1 Å². The third-order valence-corrected chi connectivity index (χ3v) is 4.31. The number of rotatable bonds is 4. The van der Waals surface area contributed by atoms with Crippen molar-refractivity contribution in [1.82, 2.24) is 4.57 Å². The lowest BCUT2D eigenvalue weighted by atomic mass is 10.1. The molecule has 3 aromatic rings. The number of methoxy groups -OCH3 is 1. The van der Waals surface area contributed by atoms with Crippen LogP contribution in [0.1, 0.15) is 23.0 Å². The highest BCUT2D eigenvalue weighted by atomic mass is 19.4. The second kappa shape index (κ2) is 7.38. The van der Waals surface area contributed by atoms with Crippen LogP contribution in [0.25, 0.3) is 10.8 Å². The Hall–Kier alpha value is -3.29. The molecule has 0 spiro atoms. The van der Waals surface area contributed by atoms with E-state index >= 15 is 0 Å². The molecule has 2 aromatic carbocycles. The lowest BCUT2D eigenvalue weighted by molar-refractivity contribution is -0.137. The summed E-state index contributed by atoms with van der Waals surface area (Å²) < 4.78 is 45.0. The van der Waals surface area contributed by atoms with Gasteiger partial charge in [0.1, 0.15) is 11.4 Å². The number of ether oxygens (including phenoxy) is 1. The van der Waals surface area contributed by atoms with Gasteiger partial charge in [-0.3, -0.25) is 9.59 Å². The average molecular weight is 390 g/mol. The van der Waals surface area contributed by atoms with Crippen LogP contribution in [0.4, 0.5) is 18.9 Å². The number of hydrogen-bond donors (Lipinski definition) is 1. The highest BCUT2D eigenvalue weighted by molar-refractivity contribution is 6.05. The van der Waals surface area contributed by atoms with Gasteiger partial charge in [-0.25, -0.2) is 0 Å². The maximum atomic E-state index is 12.9. The monoisotopic (exact) mass is 390 g/mol. The molecule has 8 heteroatoms. The van der Waals surface area contributed by atoms with Gasteiger partial charge < -0.3 is 14.6 Å². The van der Waals surface area contributed by atoms with E-state index in [-0.39, 0.29) is 23.5 Å². The molecule has 0 saturated heterocycles. The third kappa shape index (κ3) is 3.71. The van der Waals surface area contributed by atoms with E-state index in [1.165, 1.54) is 29.9 Å². The van der Waals surface area contributed by atoms with Gasteiger partial charge in [-0.1, -0.05) is 6.07 Å². The van der Waals surface area contributed by atoms with Gasteiger partial charge in [-0.15, -0.1) is 0 Å². The Morgan fingerprint density at radius 2 is 1.89 bits per heavy atom. The molecule has 0 aliphatic rings. The smallest absolute Gasteiger partial charge is 0.416 e. The molecule has 0 bridgehead atoms. The summed E-state index contributed by atoms with van der Waals surface area (Å²) in [7, 11) is 1.48. The number of alkyl halides is 3. The third-order valence-electron chi connectivity index (χ3n) is 4.31. The molecule has 0 fully saturated rings. The Kier molecular flexibility index (Phi) is 5.13. The number of carbonyl (C=O) groups excluding carboxylic acids is 1. The Morgan fingerprint density at radius 1 is 1.14 bits per heavy atom. The van der Waals surface area contributed by atoms with Gasteiger partial charge in [0.15, 0.2) is 0 Å². The fourth-order valence-corrected chi connectivity index (χ4v) is 2.93. The first-order chi connectivity index (χ1) is 13.2. The van der Waals surface area contributed by atoms with Crippen LogP contribution in [0.15, 0.2) is 53.3 Å². The predicted octanol–water partition coefficient (Wildman–Crippen LogP) is 4.30. The summed E-state index contributed by atoms with van der Waals surface area (Å²) in [5.41, 5.74) is -1.20. The van der Waals surface area contributed by atoms with Crippen molar-refractivity contribution in [2.24, 2.45) is 0 Å². The van der Waals surface area contributed by atoms with Crippen LogP contribution in [0.2, 0.25) is 0 Å². The van der Waals surface area contributed by atoms with Crippen molar-refractivity contribution in [3.63, 3.8) is 0 Å². The van der Waals surface area contributed by atoms with E-state index in [4.69, 9.17) is 4.74 Å². The van der Waals surface area contributed by atoms with Crippen molar-refractivity contribution < 1.29 is 22.7 Å².